The van der Waals surface area contributed by atoms with Gasteiger partial charge >= 0.3 is 0 Å². The molecule has 0 amide bonds. The third-order valence-electron chi connectivity index (χ3n) is 3.94. The van der Waals surface area contributed by atoms with Crippen LogP contribution in [0.3, 0.4) is 0 Å². The van der Waals surface area contributed by atoms with Gasteiger partial charge in [0, 0.05) is 6.07 Å². The van der Waals surface area contributed by atoms with E-state index in [1.807, 2.05) is 0 Å². The van der Waals surface area contributed by atoms with Crippen LogP contribution in [0, 0.1) is 5.92 Å². The highest BCUT2D eigenvalue weighted by atomic mass is 16.5. The molecular weight excluding hydrogens is 258 g/mol. The highest BCUT2D eigenvalue weighted by Gasteiger charge is 2.36. The summed E-state index contributed by atoms with van der Waals surface area (Å²) in [7, 11) is 0. The lowest BCUT2D eigenvalue weighted by atomic mass is 9.77. The van der Waals surface area contributed by atoms with Gasteiger partial charge in [0.05, 0.1) is 5.54 Å². The van der Waals surface area contributed by atoms with Crippen molar-refractivity contribution in [3.8, 4) is 11.6 Å². The van der Waals surface area contributed by atoms with E-state index in [-0.39, 0.29) is 11.4 Å². The number of nitrogens with two attached hydrogens (primary N) is 1. The zero-order valence-corrected chi connectivity index (χ0v) is 11.3. The minimum atomic E-state index is -0.517. The van der Waals surface area contributed by atoms with Gasteiger partial charge in [0.1, 0.15) is 5.69 Å². The standard InChI is InChI=1S/C13H17N5O2/c1-8-4-6-13(14,7-5-8)12-15-11(20-18-12)9-2-3-10(19)17-16-9/h2-3,8H,4-7,14H2,1H3,(H,17,19). The van der Waals surface area contributed by atoms with Crippen molar-refractivity contribution < 1.29 is 4.52 Å². The molecule has 0 radical (unpaired) electrons. The second-order valence-electron chi connectivity index (χ2n) is 5.57. The van der Waals surface area contributed by atoms with E-state index in [0.717, 1.165) is 25.7 Å². The van der Waals surface area contributed by atoms with Gasteiger partial charge in [0.25, 0.3) is 11.4 Å². The average molecular weight is 275 g/mol. The summed E-state index contributed by atoms with van der Waals surface area (Å²) in [6.45, 7) is 2.23. The van der Waals surface area contributed by atoms with Crippen LogP contribution in [0.1, 0.15) is 38.4 Å². The van der Waals surface area contributed by atoms with Gasteiger partial charge < -0.3 is 10.3 Å². The molecule has 106 valence electrons. The first-order valence-corrected chi connectivity index (χ1v) is 6.76. The molecule has 0 bridgehead atoms. The number of aromatic nitrogens is 4. The molecule has 2 aromatic heterocycles. The van der Waals surface area contributed by atoms with Crippen LogP contribution in [-0.4, -0.2) is 20.3 Å². The van der Waals surface area contributed by atoms with Crippen molar-refractivity contribution in [1.82, 2.24) is 20.3 Å². The third kappa shape index (κ3) is 2.36. The molecule has 20 heavy (non-hydrogen) atoms. The Bertz CT molecular complexity index is 634. The number of nitrogens with zero attached hydrogens (tertiary/aromatic N) is 3. The summed E-state index contributed by atoms with van der Waals surface area (Å²) >= 11 is 0. The van der Waals surface area contributed by atoms with Crippen LogP contribution in [0.2, 0.25) is 0 Å². The van der Waals surface area contributed by atoms with Gasteiger partial charge in [-0.05, 0) is 37.7 Å². The highest BCUT2D eigenvalue weighted by Crippen LogP contribution is 2.36. The molecule has 0 aromatic carbocycles. The average Bonchev–Trinajstić information content (AvgIpc) is 2.94. The van der Waals surface area contributed by atoms with Crippen LogP contribution < -0.4 is 11.3 Å². The second-order valence-corrected chi connectivity index (χ2v) is 5.57. The van der Waals surface area contributed by atoms with Gasteiger partial charge in [0.15, 0.2) is 5.82 Å². The Morgan fingerprint density at radius 1 is 1.40 bits per heavy atom. The van der Waals surface area contributed by atoms with Crippen molar-refractivity contribution >= 4 is 0 Å². The zero-order valence-electron chi connectivity index (χ0n) is 11.3. The van der Waals surface area contributed by atoms with Crippen LogP contribution in [0.4, 0.5) is 0 Å². The van der Waals surface area contributed by atoms with Crippen LogP contribution in [0.5, 0.6) is 0 Å². The molecule has 1 saturated carbocycles. The predicted molar refractivity (Wildman–Crippen MR) is 71.6 cm³/mol. The summed E-state index contributed by atoms with van der Waals surface area (Å²) < 4.78 is 5.21. The summed E-state index contributed by atoms with van der Waals surface area (Å²) in [5.41, 5.74) is 6.05. The molecule has 3 rings (SSSR count). The van der Waals surface area contributed by atoms with Crippen molar-refractivity contribution in [2.45, 2.75) is 38.1 Å². The van der Waals surface area contributed by atoms with E-state index in [4.69, 9.17) is 10.3 Å². The minimum Gasteiger partial charge on any atom is -0.332 e. The summed E-state index contributed by atoms with van der Waals surface area (Å²) in [5.74, 6) is 1.49. The van der Waals surface area contributed by atoms with Crippen molar-refractivity contribution in [2.24, 2.45) is 11.7 Å². The van der Waals surface area contributed by atoms with Crippen molar-refractivity contribution in [3.05, 3.63) is 28.3 Å². The fourth-order valence-electron chi connectivity index (χ4n) is 2.49. The molecule has 2 heterocycles. The largest absolute Gasteiger partial charge is 0.332 e. The number of aromatic amines is 1. The van der Waals surface area contributed by atoms with E-state index in [1.165, 1.54) is 6.07 Å². The molecule has 0 spiro atoms. The van der Waals surface area contributed by atoms with Crippen molar-refractivity contribution in [1.29, 1.82) is 0 Å². The fourth-order valence-corrected chi connectivity index (χ4v) is 2.49. The minimum absolute atomic E-state index is 0.273. The van der Waals surface area contributed by atoms with E-state index in [9.17, 15) is 4.79 Å². The second kappa shape index (κ2) is 4.82. The lowest BCUT2D eigenvalue weighted by molar-refractivity contribution is 0.230. The van der Waals surface area contributed by atoms with Crippen molar-refractivity contribution in [2.75, 3.05) is 0 Å². The Labute approximate surface area is 115 Å². The Kier molecular flexibility index (Phi) is 3.13. The Hall–Kier alpha value is -2.02. The van der Waals surface area contributed by atoms with E-state index < -0.39 is 5.54 Å². The lowest BCUT2D eigenvalue weighted by Crippen LogP contribution is -2.41. The van der Waals surface area contributed by atoms with Gasteiger partial charge in [0.2, 0.25) is 0 Å². The molecule has 2 aromatic rings. The van der Waals surface area contributed by atoms with Gasteiger partial charge in [-0.25, -0.2) is 5.10 Å². The molecular formula is C13H17N5O2. The van der Waals surface area contributed by atoms with Crippen LogP contribution in [0.25, 0.3) is 11.6 Å². The molecule has 0 saturated heterocycles. The number of hydrogen-bond acceptors (Lipinski definition) is 6. The topological polar surface area (TPSA) is 111 Å². The highest BCUT2D eigenvalue weighted by molar-refractivity contribution is 5.44. The van der Waals surface area contributed by atoms with Crippen LogP contribution in [0.15, 0.2) is 21.5 Å². The number of hydrogen-bond donors (Lipinski definition) is 2. The summed E-state index contributed by atoms with van der Waals surface area (Å²) in [6.07, 6.45) is 3.84. The molecule has 7 heteroatoms. The number of rotatable bonds is 2. The first-order valence-electron chi connectivity index (χ1n) is 6.76. The Morgan fingerprint density at radius 3 is 2.80 bits per heavy atom. The number of nitrogens with one attached hydrogen (secondary N) is 1. The van der Waals surface area contributed by atoms with Gasteiger partial charge in [-0.2, -0.15) is 10.1 Å². The maximum Gasteiger partial charge on any atom is 0.278 e. The van der Waals surface area contributed by atoms with Gasteiger partial charge in [-0.3, -0.25) is 4.79 Å². The van der Waals surface area contributed by atoms with E-state index in [0.29, 0.717) is 17.4 Å². The first-order chi connectivity index (χ1) is 9.57. The SMILES string of the molecule is CC1CCC(N)(c2noc(-c3ccc(=O)[nH]n3)n2)CC1. The lowest BCUT2D eigenvalue weighted by Gasteiger charge is -2.33. The molecule has 1 fully saturated rings. The smallest absolute Gasteiger partial charge is 0.278 e. The van der Waals surface area contributed by atoms with Crippen molar-refractivity contribution in [3.63, 3.8) is 0 Å². The quantitative estimate of drug-likeness (QED) is 0.851. The monoisotopic (exact) mass is 275 g/mol. The first kappa shape index (κ1) is 13.0. The zero-order chi connectivity index (χ0) is 14.2. The normalized spacial score (nSPS) is 26.6. The Morgan fingerprint density at radius 2 is 2.15 bits per heavy atom. The molecule has 1 aliphatic rings. The maximum atomic E-state index is 11.0. The van der Waals surface area contributed by atoms with Gasteiger partial charge in [-0.1, -0.05) is 12.1 Å². The van der Waals surface area contributed by atoms with E-state index in [1.54, 1.807) is 6.07 Å². The van der Waals surface area contributed by atoms with Gasteiger partial charge in [-0.15, -0.1) is 0 Å². The maximum absolute atomic E-state index is 11.0. The third-order valence-corrected chi connectivity index (χ3v) is 3.94. The molecule has 1 aliphatic carbocycles. The summed E-state index contributed by atoms with van der Waals surface area (Å²) in [6, 6.07) is 2.91. The molecule has 0 unspecified atom stereocenters. The van der Waals surface area contributed by atoms with Crippen LogP contribution >= 0.6 is 0 Å². The molecule has 0 atom stereocenters. The van der Waals surface area contributed by atoms with Crippen LogP contribution in [-0.2, 0) is 5.54 Å². The summed E-state index contributed by atoms with van der Waals surface area (Å²) in [4.78, 5) is 15.3. The predicted octanol–water partition coefficient (Wildman–Crippen LogP) is 1.18. The molecule has 0 aliphatic heterocycles. The molecule has 3 N–H and O–H groups in total. The number of H-pyrrole nitrogens is 1. The van der Waals surface area contributed by atoms with E-state index in [2.05, 4.69) is 27.3 Å². The molecule has 7 nitrogen and oxygen atoms in total. The fraction of sp³-hybridized carbons (Fsp3) is 0.538. The Balaban J connectivity index is 1.86. The summed E-state index contributed by atoms with van der Waals surface area (Å²) in [5, 5.41) is 10.2. The van der Waals surface area contributed by atoms with E-state index >= 15 is 0 Å².